The SMILES string of the molecule is CC1(C)OC(=O)[C@@H](CC(=O)O)O1.CC1(C)OC(=O)[C@H](CC(=O)O)O1. The molecule has 0 bridgehead atoms. The highest BCUT2D eigenvalue weighted by atomic mass is 16.8. The summed E-state index contributed by atoms with van der Waals surface area (Å²) in [6, 6.07) is 0. The summed E-state index contributed by atoms with van der Waals surface area (Å²) in [4.78, 5) is 42.3. The van der Waals surface area contributed by atoms with Gasteiger partial charge in [0.15, 0.2) is 12.2 Å². The number of cyclic esters (lactones) is 2. The monoisotopic (exact) mass is 348 g/mol. The minimum atomic E-state index is -1.07. The normalized spacial score (nSPS) is 26.8. The molecule has 2 aliphatic heterocycles. The number of hydrogen-bond donors (Lipinski definition) is 2. The molecule has 2 aliphatic rings. The van der Waals surface area contributed by atoms with Crippen LogP contribution >= 0.6 is 0 Å². The molecule has 0 saturated carbocycles. The van der Waals surface area contributed by atoms with E-state index in [1.54, 1.807) is 27.7 Å². The van der Waals surface area contributed by atoms with E-state index < -0.39 is 47.7 Å². The van der Waals surface area contributed by atoms with Gasteiger partial charge in [-0.2, -0.15) is 0 Å². The van der Waals surface area contributed by atoms with Gasteiger partial charge in [-0.3, -0.25) is 9.59 Å². The molecule has 24 heavy (non-hydrogen) atoms. The molecule has 0 amide bonds. The Morgan fingerprint density at radius 2 is 1.12 bits per heavy atom. The lowest BCUT2D eigenvalue weighted by Gasteiger charge is -2.14. The molecule has 0 spiro atoms. The van der Waals surface area contributed by atoms with Crippen LogP contribution in [0.4, 0.5) is 0 Å². The zero-order valence-corrected chi connectivity index (χ0v) is 13.7. The first-order valence-electron chi connectivity index (χ1n) is 7.06. The Kier molecular flexibility index (Phi) is 5.90. The summed E-state index contributed by atoms with van der Waals surface area (Å²) in [5, 5.41) is 16.7. The topological polar surface area (TPSA) is 146 Å². The molecular formula is C14H20O10. The van der Waals surface area contributed by atoms with E-state index in [1.807, 2.05) is 0 Å². The molecule has 0 aromatic heterocycles. The first-order chi connectivity index (χ1) is 10.8. The summed E-state index contributed by atoms with van der Waals surface area (Å²) < 4.78 is 19.5. The fraction of sp³-hybridized carbons (Fsp3) is 0.714. The van der Waals surface area contributed by atoms with Crippen LogP contribution < -0.4 is 0 Å². The number of carboxylic acid groups (broad SMARTS) is 2. The van der Waals surface area contributed by atoms with E-state index in [-0.39, 0.29) is 12.8 Å². The van der Waals surface area contributed by atoms with E-state index in [0.29, 0.717) is 0 Å². The van der Waals surface area contributed by atoms with Gasteiger partial charge in [0.05, 0.1) is 12.8 Å². The van der Waals surface area contributed by atoms with E-state index in [0.717, 1.165) is 0 Å². The Labute approximate surface area is 137 Å². The van der Waals surface area contributed by atoms with Gasteiger partial charge in [0.2, 0.25) is 11.6 Å². The van der Waals surface area contributed by atoms with Crippen LogP contribution in [0.15, 0.2) is 0 Å². The Balaban J connectivity index is 0.000000240. The van der Waals surface area contributed by atoms with Crippen LogP contribution in [-0.4, -0.2) is 57.9 Å². The second-order valence-electron chi connectivity index (χ2n) is 6.05. The van der Waals surface area contributed by atoms with Crippen LogP contribution in [0.25, 0.3) is 0 Å². The summed E-state index contributed by atoms with van der Waals surface area (Å²) in [6.07, 6.45) is -2.61. The standard InChI is InChI=1S/2C7H10O5/c2*1-7(2)11-4(3-5(8)9)6(10)12-7/h2*4H,3H2,1-2H3,(H,8,9)/t2*4-/m10/s1. The van der Waals surface area contributed by atoms with Crippen molar-refractivity contribution in [3.05, 3.63) is 0 Å². The lowest BCUT2D eigenvalue weighted by Crippen LogP contribution is -2.23. The molecule has 2 saturated heterocycles. The third-order valence-corrected chi connectivity index (χ3v) is 2.79. The minimum absolute atomic E-state index is 0.345. The maximum atomic E-state index is 10.9. The number of rotatable bonds is 4. The number of esters is 2. The molecule has 2 atom stereocenters. The second kappa shape index (κ2) is 7.14. The third kappa shape index (κ3) is 6.13. The van der Waals surface area contributed by atoms with Gasteiger partial charge >= 0.3 is 23.9 Å². The lowest BCUT2D eigenvalue weighted by atomic mass is 10.2. The van der Waals surface area contributed by atoms with Crippen molar-refractivity contribution in [1.29, 1.82) is 0 Å². The smallest absolute Gasteiger partial charge is 0.338 e. The number of aliphatic carboxylic acids is 2. The van der Waals surface area contributed by atoms with Gasteiger partial charge < -0.3 is 29.2 Å². The van der Waals surface area contributed by atoms with Crippen molar-refractivity contribution in [3.63, 3.8) is 0 Å². The van der Waals surface area contributed by atoms with E-state index in [1.165, 1.54) is 0 Å². The Bertz CT molecular complexity index is 488. The highest BCUT2D eigenvalue weighted by molar-refractivity contribution is 5.82. The summed E-state index contributed by atoms with van der Waals surface area (Å²) in [6.45, 7) is 6.25. The zero-order chi connectivity index (χ0) is 18.7. The highest BCUT2D eigenvalue weighted by Crippen LogP contribution is 2.25. The fourth-order valence-corrected chi connectivity index (χ4v) is 2.01. The maximum absolute atomic E-state index is 10.9. The first kappa shape index (κ1) is 19.8. The maximum Gasteiger partial charge on any atom is 0.338 e. The lowest BCUT2D eigenvalue weighted by molar-refractivity contribution is -0.163. The average Bonchev–Trinajstić information content (AvgIpc) is 2.73. The van der Waals surface area contributed by atoms with Crippen molar-refractivity contribution in [3.8, 4) is 0 Å². The van der Waals surface area contributed by atoms with E-state index >= 15 is 0 Å². The molecule has 2 heterocycles. The molecule has 2 fully saturated rings. The summed E-state index contributed by atoms with van der Waals surface area (Å²) >= 11 is 0. The van der Waals surface area contributed by atoms with Crippen LogP contribution in [0.3, 0.4) is 0 Å². The highest BCUT2D eigenvalue weighted by Gasteiger charge is 2.42. The number of hydrogen-bond acceptors (Lipinski definition) is 8. The van der Waals surface area contributed by atoms with Crippen LogP contribution in [0.2, 0.25) is 0 Å². The van der Waals surface area contributed by atoms with Crippen molar-refractivity contribution in [2.24, 2.45) is 0 Å². The predicted octanol–water partition coefficient (Wildman–Crippen LogP) is 0.278. The summed E-state index contributed by atoms with van der Waals surface area (Å²) in [5.41, 5.74) is 0. The fourth-order valence-electron chi connectivity index (χ4n) is 2.01. The van der Waals surface area contributed by atoms with Gasteiger partial charge in [-0.25, -0.2) is 9.59 Å². The van der Waals surface area contributed by atoms with Crippen LogP contribution in [0.5, 0.6) is 0 Å². The molecule has 0 unspecified atom stereocenters. The number of carboxylic acids is 2. The van der Waals surface area contributed by atoms with Crippen molar-refractivity contribution < 1.29 is 48.3 Å². The zero-order valence-electron chi connectivity index (χ0n) is 13.7. The Morgan fingerprint density at radius 1 is 0.833 bits per heavy atom. The van der Waals surface area contributed by atoms with Crippen molar-refractivity contribution in [1.82, 2.24) is 0 Å². The van der Waals surface area contributed by atoms with E-state index in [4.69, 9.17) is 29.2 Å². The van der Waals surface area contributed by atoms with Crippen molar-refractivity contribution in [2.75, 3.05) is 0 Å². The van der Waals surface area contributed by atoms with Gasteiger partial charge in [-0.15, -0.1) is 0 Å². The molecular weight excluding hydrogens is 328 g/mol. The second-order valence-corrected chi connectivity index (χ2v) is 6.05. The van der Waals surface area contributed by atoms with E-state index in [2.05, 4.69) is 0 Å². The molecule has 0 aliphatic carbocycles. The average molecular weight is 348 g/mol. The van der Waals surface area contributed by atoms with Crippen molar-refractivity contribution in [2.45, 2.75) is 64.3 Å². The van der Waals surface area contributed by atoms with Gasteiger partial charge in [0.1, 0.15) is 0 Å². The minimum Gasteiger partial charge on any atom is -0.481 e. The molecule has 2 rings (SSSR count). The van der Waals surface area contributed by atoms with Gasteiger partial charge in [0, 0.05) is 27.7 Å². The molecule has 0 aromatic carbocycles. The van der Waals surface area contributed by atoms with Crippen molar-refractivity contribution >= 4 is 23.9 Å². The number of carbonyl (C=O) groups excluding carboxylic acids is 2. The van der Waals surface area contributed by atoms with Crippen LogP contribution in [0.1, 0.15) is 40.5 Å². The summed E-state index contributed by atoms with van der Waals surface area (Å²) in [7, 11) is 0. The first-order valence-corrected chi connectivity index (χ1v) is 7.06. The molecule has 136 valence electrons. The molecule has 0 radical (unpaired) electrons. The van der Waals surface area contributed by atoms with Gasteiger partial charge in [-0.05, 0) is 0 Å². The largest absolute Gasteiger partial charge is 0.481 e. The third-order valence-electron chi connectivity index (χ3n) is 2.79. The summed E-state index contributed by atoms with van der Waals surface area (Å²) in [5.74, 6) is -5.34. The molecule has 2 N–H and O–H groups in total. The Hall–Kier alpha value is -2.20. The van der Waals surface area contributed by atoms with Gasteiger partial charge in [0.25, 0.3) is 0 Å². The molecule has 0 aromatic rings. The van der Waals surface area contributed by atoms with Crippen LogP contribution in [-0.2, 0) is 38.1 Å². The van der Waals surface area contributed by atoms with Crippen LogP contribution in [0, 0.1) is 0 Å². The molecule has 10 nitrogen and oxygen atoms in total. The predicted molar refractivity (Wildman–Crippen MR) is 74.6 cm³/mol. The van der Waals surface area contributed by atoms with E-state index in [9.17, 15) is 19.2 Å². The number of carbonyl (C=O) groups is 4. The molecule has 10 heteroatoms. The quantitative estimate of drug-likeness (QED) is 0.679. The Morgan fingerprint density at radius 3 is 1.29 bits per heavy atom. The number of ether oxygens (including phenoxy) is 4. The van der Waals surface area contributed by atoms with Gasteiger partial charge in [-0.1, -0.05) is 0 Å².